The topological polar surface area (TPSA) is 67.4 Å². The van der Waals surface area contributed by atoms with E-state index in [1.807, 2.05) is 18.2 Å². The molecule has 1 aromatic carbocycles. The molecule has 28 heavy (non-hydrogen) atoms. The number of morpholine rings is 1. The van der Waals surface area contributed by atoms with Gasteiger partial charge < -0.3 is 24.8 Å². The van der Waals surface area contributed by atoms with Crippen molar-refractivity contribution in [3.05, 3.63) is 23.8 Å². The van der Waals surface area contributed by atoms with Gasteiger partial charge in [-0.1, -0.05) is 26.0 Å². The Bertz CT molecular complexity index is 616. The number of hydrogen-bond donors (Lipinski definition) is 2. The number of hydrogen-bond acceptors (Lipinski definition) is 5. The van der Waals surface area contributed by atoms with Crippen molar-refractivity contribution < 1.29 is 14.2 Å². The number of methoxy groups -OCH3 is 2. The molecule has 1 heterocycles. The van der Waals surface area contributed by atoms with Crippen LogP contribution in [0.4, 0.5) is 0 Å². The number of ether oxygens (including phenoxy) is 3. The molecule has 1 fully saturated rings. The van der Waals surface area contributed by atoms with Crippen molar-refractivity contribution in [2.45, 2.75) is 33.4 Å². The van der Waals surface area contributed by atoms with Crippen molar-refractivity contribution in [1.29, 1.82) is 0 Å². The number of nitrogens with one attached hydrogen (secondary N) is 2. The van der Waals surface area contributed by atoms with E-state index in [-0.39, 0.29) is 0 Å². The van der Waals surface area contributed by atoms with E-state index < -0.39 is 0 Å². The molecule has 0 radical (unpaired) electrons. The van der Waals surface area contributed by atoms with Crippen LogP contribution >= 0.6 is 0 Å². The van der Waals surface area contributed by atoms with Crippen molar-refractivity contribution in [1.82, 2.24) is 15.5 Å². The minimum absolute atomic E-state index is 0.444. The Kier molecular flexibility index (Phi) is 9.37. The van der Waals surface area contributed by atoms with Crippen molar-refractivity contribution in [2.24, 2.45) is 10.9 Å². The van der Waals surface area contributed by atoms with Gasteiger partial charge in [0.1, 0.15) is 0 Å². The Morgan fingerprint density at radius 1 is 1.18 bits per heavy atom. The van der Waals surface area contributed by atoms with Gasteiger partial charge in [0.25, 0.3) is 0 Å². The number of rotatable bonds is 9. The fraction of sp³-hybridized carbons (Fsp3) is 0.667. The molecule has 7 heteroatoms. The van der Waals surface area contributed by atoms with E-state index in [4.69, 9.17) is 19.2 Å². The summed E-state index contributed by atoms with van der Waals surface area (Å²) in [5.74, 6) is 2.82. The molecule has 0 spiro atoms. The van der Waals surface area contributed by atoms with Gasteiger partial charge in [-0.05, 0) is 18.9 Å². The Morgan fingerprint density at radius 3 is 2.54 bits per heavy atom. The van der Waals surface area contributed by atoms with Crippen LogP contribution in [-0.2, 0) is 11.3 Å². The number of para-hydroxylation sites is 1. The number of benzene rings is 1. The van der Waals surface area contributed by atoms with Crippen LogP contribution in [0.3, 0.4) is 0 Å². The van der Waals surface area contributed by atoms with Gasteiger partial charge in [-0.2, -0.15) is 0 Å². The molecule has 0 aromatic heterocycles. The maximum Gasteiger partial charge on any atom is 0.191 e. The smallest absolute Gasteiger partial charge is 0.191 e. The van der Waals surface area contributed by atoms with Gasteiger partial charge in [0, 0.05) is 37.8 Å². The quantitative estimate of drug-likeness (QED) is 0.496. The lowest BCUT2D eigenvalue weighted by atomic mass is 10.0. The van der Waals surface area contributed by atoms with Gasteiger partial charge >= 0.3 is 0 Å². The zero-order valence-corrected chi connectivity index (χ0v) is 18.0. The molecule has 1 aromatic rings. The third-order valence-corrected chi connectivity index (χ3v) is 5.00. The minimum atomic E-state index is 0.444. The van der Waals surface area contributed by atoms with Crippen molar-refractivity contribution in [2.75, 3.05) is 53.6 Å². The van der Waals surface area contributed by atoms with Gasteiger partial charge in [0.05, 0.1) is 34.0 Å². The summed E-state index contributed by atoms with van der Waals surface area (Å²) in [5, 5.41) is 6.86. The van der Waals surface area contributed by atoms with E-state index in [1.54, 1.807) is 14.2 Å². The lowest BCUT2D eigenvalue weighted by Gasteiger charge is -2.37. The Labute approximate surface area is 169 Å². The van der Waals surface area contributed by atoms with Crippen LogP contribution in [0, 0.1) is 5.92 Å². The molecule has 0 bridgehead atoms. The zero-order chi connectivity index (χ0) is 20.4. The summed E-state index contributed by atoms with van der Waals surface area (Å²) in [5.41, 5.74) is 0.993. The summed E-state index contributed by atoms with van der Waals surface area (Å²) in [7, 11) is 3.30. The van der Waals surface area contributed by atoms with Crippen LogP contribution in [0.15, 0.2) is 23.2 Å². The highest BCUT2D eigenvalue weighted by molar-refractivity contribution is 5.79. The molecule has 1 unspecified atom stereocenters. The highest BCUT2D eigenvalue weighted by atomic mass is 16.5. The molecule has 0 amide bonds. The van der Waals surface area contributed by atoms with E-state index in [0.29, 0.717) is 18.5 Å². The van der Waals surface area contributed by atoms with E-state index in [1.165, 1.54) is 0 Å². The summed E-state index contributed by atoms with van der Waals surface area (Å²) >= 11 is 0. The van der Waals surface area contributed by atoms with Gasteiger partial charge in [-0.25, -0.2) is 4.99 Å². The van der Waals surface area contributed by atoms with Gasteiger partial charge in [0.2, 0.25) is 0 Å². The Balaban J connectivity index is 2.05. The third kappa shape index (κ3) is 6.27. The summed E-state index contributed by atoms with van der Waals surface area (Å²) in [6, 6.07) is 6.31. The maximum atomic E-state index is 5.52. The molecular formula is C21H36N4O3. The first-order valence-electron chi connectivity index (χ1n) is 10.1. The van der Waals surface area contributed by atoms with Crippen LogP contribution in [0.2, 0.25) is 0 Å². The van der Waals surface area contributed by atoms with Crippen molar-refractivity contribution in [3.8, 4) is 11.5 Å². The standard InChI is InChI=1S/C21H36N4O3/c1-6-22-21(23-14-17-8-7-9-19(26-4)20(17)27-5)24-15-18(16(2)3)25-10-12-28-13-11-25/h7-9,16,18H,6,10-15H2,1-5H3,(H2,22,23,24). The zero-order valence-electron chi connectivity index (χ0n) is 18.0. The molecule has 1 aliphatic rings. The van der Waals surface area contributed by atoms with Crippen LogP contribution < -0.4 is 20.1 Å². The first-order valence-corrected chi connectivity index (χ1v) is 10.1. The van der Waals surface area contributed by atoms with Crippen LogP contribution in [0.1, 0.15) is 26.3 Å². The molecule has 2 rings (SSSR count). The predicted octanol–water partition coefficient (Wildman–Crippen LogP) is 2.12. The lowest BCUT2D eigenvalue weighted by Crippen LogP contribution is -2.52. The first kappa shape index (κ1) is 22.3. The highest BCUT2D eigenvalue weighted by Crippen LogP contribution is 2.31. The number of nitrogens with zero attached hydrogens (tertiary/aromatic N) is 2. The predicted molar refractivity (Wildman–Crippen MR) is 113 cm³/mol. The van der Waals surface area contributed by atoms with E-state index in [9.17, 15) is 0 Å². The summed E-state index contributed by atoms with van der Waals surface area (Å²) < 4.78 is 16.4. The molecular weight excluding hydrogens is 356 g/mol. The monoisotopic (exact) mass is 392 g/mol. The first-order chi connectivity index (χ1) is 13.6. The second-order valence-corrected chi connectivity index (χ2v) is 7.19. The SMILES string of the molecule is CCNC(=NCc1cccc(OC)c1OC)NCC(C(C)C)N1CCOCC1. The summed E-state index contributed by atoms with van der Waals surface area (Å²) in [4.78, 5) is 7.27. The molecule has 1 saturated heterocycles. The van der Waals surface area contributed by atoms with Crippen LogP contribution in [0.5, 0.6) is 11.5 Å². The van der Waals surface area contributed by atoms with E-state index in [2.05, 4.69) is 36.3 Å². The van der Waals surface area contributed by atoms with Gasteiger partial charge in [0.15, 0.2) is 17.5 Å². The van der Waals surface area contributed by atoms with Crippen molar-refractivity contribution in [3.63, 3.8) is 0 Å². The van der Waals surface area contributed by atoms with Gasteiger partial charge in [-0.15, -0.1) is 0 Å². The number of aliphatic imine (C=N–C) groups is 1. The second-order valence-electron chi connectivity index (χ2n) is 7.19. The lowest BCUT2D eigenvalue weighted by molar-refractivity contribution is 0.00752. The number of guanidine groups is 1. The fourth-order valence-electron chi connectivity index (χ4n) is 3.48. The molecule has 2 N–H and O–H groups in total. The summed E-state index contributed by atoms with van der Waals surface area (Å²) in [6.07, 6.45) is 0. The fourth-order valence-corrected chi connectivity index (χ4v) is 3.48. The van der Waals surface area contributed by atoms with E-state index in [0.717, 1.165) is 62.4 Å². The molecule has 7 nitrogen and oxygen atoms in total. The van der Waals surface area contributed by atoms with Crippen LogP contribution in [-0.4, -0.2) is 70.5 Å². The molecule has 1 aliphatic heterocycles. The second kappa shape index (κ2) is 11.8. The maximum absolute atomic E-state index is 5.52. The molecule has 1 atom stereocenters. The van der Waals surface area contributed by atoms with E-state index >= 15 is 0 Å². The average Bonchev–Trinajstić information content (AvgIpc) is 2.72. The summed E-state index contributed by atoms with van der Waals surface area (Å²) in [6.45, 7) is 12.4. The molecule has 158 valence electrons. The van der Waals surface area contributed by atoms with Gasteiger partial charge in [-0.3, -0.25) is 4.90 Å². The van der Waals surface area contributed by atoms with Crippen molar-refractivity contribution >= 4 is 5.96 Å². The Hall–Kier alpha value is -1.99. The normalized spacial score (nSPS) is 16.7. The highest BCUT2D eigenvalue weighted by Gasteiger charge is 2.23. The van der Waals surface area contributed by atoms with Crippen LogP contribution in [0.25, 0.3) is 0 Å². The minimum Gasteiger partial charge on any atom is -0.493 e. The Morgan fingerprint density at radius 2 is 1.93 bits per heavy atom. The molecule has 0 aliphatic carbocycles. The molecule has 0 saturated carbocycles. The third-order valence-electron chi connectivity index (χ3n) is 5.00. The average molecular weight is 393 g/mol. The largest absolute Gasteiger partial charge is 0.493 e.